The molecule has 4 aliphatic rings. The predicted molar refractivity (Wildman–Crippen MR) is 131 cm³/mol. The van der Waals surface area contributed by atoms with Gasteiger partial charge in [0.2, 0.25) is 5.91 Å². The maximum absolute atomic E-state index is 15.3. The molecule has 38 heavy (non-hydrogen) atoms. The van der Waals surface area contributed by atoms with Crippen LogP contribution in [0.5, 0.6) is 0 Å². The van der Waals surface area contributed by atoms with E-state index in [2.05, 4.69) is 25.5 Å². The van der Waals surface area contributed by atoms with Crippen LogP contribution in [0.3, 0.4) is 0 Å². The fourth-order valence-electron chi connectivity index (χ4n) is 4.96. The first-order valence-electron chi connectivity index (χ1n) is 12.0. The Balaban J connectivity index is 1.36. The number of carbonyl (C=O) groups excluding carboxylic acids is 1. The number of hydrogen-bond donors (Lipinski definition) is 2. The van der Waals surface area contributed by atoms with Crippen molar-refractivity contribution in [1.82, 2.24) is 30.2 Å². The molecule has 2 N–H and O–H groups in total. The zero-order valence-corrected chi connectivity index (χ0v) is 20.2. The molecule has 14 heteroatoms. The van der Waals surface area contributed by atoms with Gasteiger partial charge in [0, 0.05) is 29.4 Å². The maximum atomic E-state index is 15.3. The number of hydroxylamine groups is 2. The average Bonchev–Trinajstić information content (AvgIpc) is 3.66. The Kier molecular flexibility index (Phi) is 5.68. The molecule has 1 saturated heterocycles. The van der Waals surface area contributed by atoms with Crippen LogP contribution in [-0.4, -0.2) is 77.1 Å². The molecule has 0 saturated carbocycles. The van der Waals surface area contributed by atoms with Gasteiger partial charge in [-0.1, -0.05) is 11.6 Å². The van der Waals surface area contributed by atoms with Gasteiger partial charge < -0.3 is 10.0 Å². The lowest BCUT2D eigenvalue weighted by atomic mass is 9.92. The molecule has 4 aliphatic heterocycles. The van der Waals surface area contributed by atoms with Crippen molar-refractivity contribution in [3.05, 3.63) is 76.0 Å². The van der Waals surface area contributed by atoms with Crippen molar-refractivity contribution in [3.8, 4) is 5.69 Å². The number of carbonyl (C=O) groups is 1. The van der Waals surface area contributed by atoms with Gasteiger partial charge in [-0.2, -0.15) is 4.68 Å². The summed E-state index contributed by atoms with van der Waals surface area (Å²) >= 11 is 6.07. The Hall–Kier alpha value is -4.07. The first kappa shape index (κ1) is 23.1. The highest BCUT2D eigenvalue weighted by molar-refractivity contribution is 6.31. The number of aromatic nitrogens is 4. The molecule has 6 rings (SSSR count). The van der Waals surface area contributed by atoms with Crippen LogP contribution >= 0.6 is 11.6 Å². The third-order valence-electron chi connectivity index (χ3n) is 6.70. The fraction of sp³-hybridized carbons (Fsp3) is 0.250. The van der Waals surface area contributed by atoms with E-state index in [0.29, 0.717) is 11.5 Å². The maximum Gasteiger partial charge on any atom is 0.247 e. The molecule has 0 radical (unpaired) electrons. The van der Waals surface area contributed by atoms with Crippen molar-refractivity contribution >= 4 is 35.1 Å². The van der Waals surface area contributed by atoms with Gasteiger partial charge in [0.1, 0.15) is 12.0 Å². The number of aliphatic hydroxyl groups excluding tert-OH is 1. The topological polar surface area (TPSA) is 132 Å². The Morgan fingerprint density at radius 1 is 1.26 bits per heavy atom. The molecule has 0 unspecified atom stereocenters. The Morgan fingerprint density at radius 3 is 2.87 bits per heavy atom. The number of amidine groups is 1. The van der Waals surface area contributed by atoms with Crippen LogP contribution in [0.15, 0.2) is 69.6 Å². The molecule has 1 fully saturated rings. The zero-order valence-electron chi connectivity index (χ0n) is 20.5. The molecule has 2 atom stereocenters. The van der Waals surface area contributed by atoms with Crippen molar-refractivity contribution in [1.29, 1.82) is 0 Å². The van der Waals surface area contributed by atoms with Crippen LogP contribution in [0.1, 0.15) is 26.2 Å². The molecule has 1 aromatic carbocycles. The number of rotatable bonds is 4. The fourth-order valence-corrected chi connectivity index (χ4v) is 5.12. The monoisotopic (exact) mass is 541 g/mol. The molecule has 11 nitrogen and oxygen atoms in total. The number of benzene rings is 1. The van der Waals surface area contributed by atoms with Crippen LogP contribution in [-0.2, 0) is 4.79 Å². The van der Waals surface area contributed by atoms with E-state index in [0.717, 1.165) is 0 Å². The summed E-state index contributed by atoms with van der Waals surface area (Å²) in [4.78, 5) is 23.5. The normalized spacial score (nSPS) is 27.2. The largest absolute Gasteiger partial charge is 0.390 e. The second-order valence-electron chi connectivity index (χ2n) is 8.79. The number of fused-ring (bicyclic) bond motifs is 1. The lowest BCUT2D eigenvalue weighted by Gasteiger charge is -2.33. The van der Waals surface area contributed by atoms with E-state index in [1.165, 1.54) is 52.6 Å². The lowest BCUT2D eigenvalue weighted by molar-refractivity contribution is -0.128. The standard InChI is InChI=1S/C24H19ClF2N8O3/c25-15-2-4-17(33-11-29-31-32-33)21(23(15)27)12-7-13-1-3-18(35(13)20(37)8-12)24-28-9-16(30-24)14-5-6-34(38)19(10-36)22(14)26/h2,4-6,8-9,11,13,18,36,38H,1,3,7,10H2/t13-,18+/m1/s1/i13D. The van der Waals surface area contributed by atoms with Gasteiger partial charge in [0.25, 0.3) is 0 Å². The van der Waals surface area contributed by atoms with E-state index in [4.69, 9.17) is 13.0 Å². The van der Waals surface area contributed by atoms with E-state index in [1.807, 2.05) is 0 Å². The van der Waals surface area contributed by atoms with Crippen molar-refractivity contribution in [2.24, 2.45) is 9.98 Å². The molecular formula is C24H19ClF2N8O3. The zero-order chi connectivity index (χ0) is 27.5. The van der Waals surface area contributed by atoms with E-state index < -0.39 is 36.2 Å². The summed E-state index contributed by atoms with van der Waals surface area (Å²) in [5, 5.41) is 30.4. The van der Waals surface area contributed by atoms with Gasteiger partial charge in [-0.3, -0.25) is 10.0 Å². The molecular weight excluding hydrogens is 522 g/mol. The quantitative estimate of drug-likeness (QED) is 0.608. The number of amides is 1. The summed E-state index contributed by atoms with van der Waals surface area (Å²) < 4.78 is 40.6. The molecule has 0 bridgehead atoms. The number of hydrogen-bond acceptors (Lipinski definition) is 9. The highest BCUT2D eigenvalue weighted by Gasteiger charge is 2.43. The molecule has 0 aliphatic carbocycles. The summed E-state index contributed by atoms with van der Waals surface area (Å²) in [6, 6.07) is 0.798. The second-order valence-corrected chi connectivity index (χ2v) is 9.20. The van der Waals surface area contributed by atoms with Crippen LogP contribution < -0.4 is 0 Å². The van der Waals surface area contributed by atoms with Gasteiger partial charge in [-0.25, -0.2) is 23.8 Å². The van der Waals surface area contributed by atoms with Crippen molar-refractivity contribution in [2.75, 3.05) is 6.61 Å². The highest BCUT2D eigenvalue weighted by Crippen LogP contribution is 2.41. The molecule has 0 spiro atoms. The van der Waals surface area contributed by atoms with Crippen molar-refractivity contribution in [2.45, 2.75) is 31.3 Å². The SMILES string of the molecule is [2H][C@]12CC[C@@H](C3=NC(=C4C=CN(O)C(CO)=C4F)C=N3)N1C(=O)C=C(c1c(-n3cnnn3)ccc(Cl)c1F)C2. The van der Waals surface area contributed by atoms with Gasteiger partial charge in [-0.05, 0) is 53.5 Å². The van der Waals surface area contributed by atoms with Crippen LogP contribution in [0.25, 0.3) is 11.3 Å². The van der Waals surface area contributed by atoms with E-state index in [9.17, 15) is 19.5 Å². The summed E-state index contributed by atoms with van der Waals surface area (Å²) in [5.41, 5.74) is 0.394. The summed E-state index contributed by atoms with van der Waals surface area (Å²) in [6.45, 7) is -0.736. The van der Waals surface area contributed by atoms with E-state index in [-0.39, 0.29) is 57.5 Å². The first-order valence-corrected chi connectivity index (χ1v) is 11.9. The second kappa shape index (κ2) is 9.35. The number of tetrazole rings is 1. The Bertz CT molecular complexity index is 1590. The van der Waals surface area contributed by atoms with Gasteiger partial charge in [0.05, 0.1) is 36.6 Å². The van der Waals surface area contributed by atoms with Crippen LogP contribution in [0.2, 0.25) is 5.02 Å². The number of nitrogens with zero attached hydrogens (tertiary/aromatic N) is 8. The summed E-state index contributed by atoms with van der Waals surface area (Å²) in [6.07, 6.45) is 6.95. The summed E-state index contributed by atoms with van der Waals surface area (Å²) in [5.74, 6) is -1.93. The lowest BCUT2D eigenvalue weighted by Crippen LogP contribution is -2.45. The number of aliphatic imine (C=N–C) groups is 2. The minimum Gasteiger partial charge on any atom is -0.390 e. The molecule has 5 heterocycles. The Morgan fingerprint density at radius 2 is 2.11 bits per heavy atom. The average molecular weight is 542 g/mol. The summed E-state index contributed by atoms with van der Waals surface area (Å²) in [7, 11) is 0. The smallest absolute Gasteiger partial charge is 0.247 e. The van der Waals surface area contributed by atoms with Gasteiger partial charge in [-0.15, -0.1) is 5.10 Å². The highest BCUT2D eigenvalue weighted by atomic mass is 35.5. The van der Waals surface area contributed by atoms with Gasteiger partial charge >= 0.3 is 0 Å². The first-order chi connectivity index (χ1) is 18.7. The van der Waals surface area contributed by atoms with Crippen molar-refractivity contribution < 1.29 is 25.3 Å². The minimum absolute atomic E-state index is 0.00112. The van der Waals surface area contributed by atoms with E-state index >= 15 is 4.39 Å². The number of halogens is 3. The van der Waals surface area contributed by atoms with Crippen LogP contribution in [0, 0.1) is 5.82 Å². The molecule has 1 aromatic heterocycles. The molecule has 194 valence electrons. The third kappa shape index (κ3) is 3.86. The van der Waals surface area contributed by atoms with Crippen LogP contribution in [0.4, 0.5) is 8.78 Å². The molecule has 2 aromatic rings. The molecule has 1 amide bonds. The van der Waals surface area contributed by atoms with Crippen molar-refractivity contribution in [3.63, 3.8) is 0 Å². The van der Waals surface area contributed by atoms with Gasteiger partial charge in [0.15, 0.2) is 17.5 Å². The predicted octanol–water partition coefficient (Wildman–Crippen LogP) is 2.73. The number of aliphatic hydroxyl groups is 1. The number of allylic oxidation sites excluding steroid dienone is 4. The minimum atomic E-state index is -1.43. The third-order valence-corrected chi connectivity index (χ3v) is 7.00. The Labute approximate surface area is 220 Å². The van der Waals surface area contributed by atoms with E-state index in [1.54, 1.807) is 0 Å².